The van der Waals surface area contributed by atoms with Crippen LogP contribution in [0.3, 0.4) is 0 Å². The number of halogens is 2. The Morgan fingerprint density at radius 2 is 1.63 bits per heavy atom. The number of hydrogen-bond acceptors (Lipinski definition) is 7. The molecule has 46 heavy (non-hydrogen) atoms. The van der Waals surface area contributed by atoms with Crippen molar-refractivity contribution in [2.75, 3.05) is 82.0 Å². The van der Waals surface area contributed by atoms with Crippen LogP contribution in [0.1, 0.15) is 56.9 Å². The van der Waals surface area contributed by atoms with Crippen molar-refractivity contribution in [2.24, 2.45) is 0 Å². The van der Waals surface area contributed by atoms with Gasteiger partial charge < -0.3 is 24.2 Å². The number of aryl methyl sites for hydroxylation is 1. The Morgan fingerprint density at radius 3 is 2.41 bits per heavy atom. The number of ether oxygens (including phenoxy) is 2. The molecule has 0 aliphatic carbocycles. The predicted molar refractivity (Wildman–Crippen MR) is 183 cm³/mol. The molecule has 4 heterocycles. The van der Waals surface area contributed by atoms with E-state index in [2.05, 4.69) is 14.7 Å². The molecule has 2 amide bonds. The van der Waals surface area contributed by atoms with Gasteiger partial charge in [-0.15, -0.1) is 0 Å². The molecular formula is C35H47Cl2N5O4. The predicted octanol–water partition coefficient (Wildman–Crippen LogP) is 6.30. The number of rotatable bonds is 10. The Kier molecular flexibility index (Phi) is 11.5. The molecule has 0 radical (unpaired) electrons. The van der Waals surface area contributed by atoms with Crippen molar-refractivity contribution >= 4 is 46.6 Å². The molecule has 3 saturated heterocycles. The molecule has 9 nitrogen and oxygen atoms in total. The molecule has 0 unspecified atom stereocenters. The second kappa shape index (κ2) is 15.9. The fourth-order valence-corrected chi connectivity index (χ4v) is 7.65. The lowest BCUT2D eigenvalue weighted by Crippen LogP contribution is -2.49. The molecule has 3 fully saturated rings. The normalized spacial score (nSPS) is 20.1. The van der Waals surface area contributed by atoms with E-state index in [1.54, 1.807) is 9.80 Å². The zero-order valence-corrected chi connectivity index (χ0v) is 28.3. The van der Waals surface area contributed by atoms with Crippen molar-refractivity contribution in [2.45, 2.75) is 63.8 Å². The van der Waals surface area contributed by atoms with Crippen LogP contribution < -0.4 is 14.5 Å². The smallest absolute Gasteiger partial charge is 0.411 e. The van der Waals surface area contributed by atoms with Crippen LogP contribution in [-0.2, 0) is 16.0 Å². The lowest BCUT2D eigenvalue weighted by Gasteiger charge is -2.40. The van der Waals surface area contributed by atoms with Crippen molar-refractivity contribution < 1.29 is 19.1 Å². The summed E-state index contributed by atoms with van der Waals surface area (Å²) in [6, 6.07) is 12.3. The summed E-state index contributed by atoms with van der Waals surface area (Å²) in [5, 5.41) is 1.22. The molecule has 0 spiro atoms. The molecule has 2 aromatic carbocycles. The lowest BCUT2D eigenvalue weighted by atomic mass is 10.0. The van der Waals surface area contributed by atoms with Gasteiger partial charge in [0.2, 0.25) is 5.91 Å². The summed E-state index contributed by atoms with van der Waals surface area (Å²) in [4.78, 5) is 36.6. The van der Waals surface area contributed by atoms with Gasteiger partial charge >= 0.3 is 6.09 Å². The van der Waals surface area contributed by atoms with Crippen LogP contribution >= 0.6 is 23.2 Å². The molecule has 0 saturated carbocycles. The van der Waals surface area contributed by atoms with E-state index in [0.29, 0.717) is 48.6 Å². The summed E-state index contributed by atoms with van der Waals surface area (Å²) in [6.45, 7) is 9.14. The fraction of sp³-hybridized carbons (Fsp3) is 0.600. The fourth-order valence-electron chi connectivity index (χ4n) is 7.23. The maximum Gasteiger partial charge on any atom is 0.411 e. The first kappa shape index (κ1) is 33.2. The van der Waals surface area contributed by atoms with E-state index < -0.39 is 0 Å². The van der Waals surface area contributed by atoms with E-state index in [0.717, 1.165) is 81.1 Å². The number of piperidine rings is 2. The Bertz CT molecular complexity index is 1340. The van der Waals surface area contributed by atoms with E-state index in [1.807, 2.05) is 36.4 Å². The topological polar surface area (TPSA) is 68.8 Å². The Hall–Kier alpha value is -2.72. The molecular weight excluding hydrogens is 625 g/mol. The second-order valence-electron chi connectivity index (χ2n) is 12.9. The van der Waals surface area contributed by atoms with Crippen LogP contribution in [0.4, 0.5) is 16.2 Å². The van der Waals surface area contributed by atoms with Gasteiger partial charge in [0, 0.05) is 57.8 Å². The number of unbranched alkanes of at least 4 members (excludes halogenated alkanes) is 1. The van der Waals surface area contributed by atoms with Crippen molar-refractivity contribution in [3.05, 3.63) is 52.0 Å². The number of carbonyl (C=O) groups is 2. The standard InChI is InChI=1S/C35H47Cl2N5O4/c36-30-7-6-8-31(34(30)37)40-22-20-38(21-23-40)15-4-5-24-45-29-11-9-27-10-12-33(43)42(32(27)25-29)26-46-35(44)41-18-13-28(14-19-41)39-16-2-1-3-17-39/h6-9,11,25,28H,1-5,10,12-24,26H2. The van der Waals surface area contributed by atoms with Gasteiger partial charge in [-0.25, -0.2) is 4.79 Å². The zero-order valence-electron chi connectivity index (χ0n) is 26.8. The molecule has 0 atom stereocenters. The van der Waals surface area contributed by atoms with Gasteiger partial charge in [0.25, 0.3) is 0 Å². The van der Waals surface area contributed by atoms with Gasteiger partial charge in [-0.1, -0.05) is 41.8 Å². The number of fused-ring (bicyclic) bond motifs is 1. The monoisotopic (exact) mass is 671 g/mol. The van der Waals surface area contributed by atoms with Gasteiger partial charge in [-0.05, 0) is 88.3 Å². The van der Waals surface area contributed by atoms with Crippen LogP contribution in [0, 0.1) is 0 Å². The summed E-state index contributed by atoms with van der Waals surface area (Å²) >= 11 is 12.6. The van der Waals surface area contributed by atoms with Crippen LogP contribution in [0.2, 0.25) is 10.0 Å². The molecule has 4 aliphatic heterocycles. The first-order chi connectivity index (χ1) is 22.5. The maximum atomic E-state index is 12.9. The molecule has 2 aromatic rings. The van der Waals surface area contributed by atoms with Crippen molar-refractivity contribution in [1.29, 1.82) is 0 Å². The molecule has 0 N–H and O–H groups in total. The Labute approximate surface area is 283 Å². The first-order valence-corrected chi connectivity index (χ1v) is 17.8. The molecule has 0 bridgehead atoms. The van der Waals surface area contributed by atoms with E-state index in [9.17, 15) is 9.59 Å². The minimum atomic E-state index is -0.334. The molecule has 0 aromatic heterocycles. The molecule has 6 rings (SSSR count). The van der Waals surface area contributed by atoms with Crippen LogP contribution in [0.5, 0.6) is 5.75 Å². The van der Waals surface area contributed by atoms with Gasteiger partial charge in [0.1, 0.15) is 5.75 Å². The summed E-state index contributed by atoms with van der Waals surface area (Å²) in [5.41, 5.74) is 2.86. The van der Waals surface area contributed by atoms with Gasteiger partial charge in [0.05, 0.1) is 28.0 Å². The second-order valence-corrected chi connectivity index (χ2v) is 13.7. The summed E-state index contributed by atoms with van der Waals surface area (Å²) < 4.78 is 11.8. The Morgan fingerprint density at radius 1 is 0.848 bits per heavy atom. The number of likely N-dealkylation sites (tertiary alicyclic amines) is 2. The van der Waals surface area contributed by atoms with Crippen LogP contribution in [0.25, 0.3) is 0 Å². The third kappa shape index (κ3) is 8.22. The number of amides is 2. The van der Waals surface area contributed by atoms with Crippen molar-refractivity contribution in [3.8, 4) is 5.75 Å². The average Bonchev–Trinajstić information content (AvgIpc) is 3.09. The minimum absolute atomic E-state index is 0.0287. The largest absolute Gasteiger partial charge is 0.494 e. The highest BCUT2D eigenvalue weighted by molar-refractivity contribution is 6.43. The molecule has 250 valence electrons. The highest BCUT2D eigenvalue weighted by atomic mass is 35.5. The maximum absolute atomic E-state index is 12.9. The summed E-state index contributed by atoms with van der Waals surface area (Å²) in [6.07, 6.45) is 8.59. The molecule has 11 heteroatoms. The van der Waals surface area contributed by atoms with E-state index in [4.69, 9.17) is 32.7 Å². The van der Waals surface area contributed by atoms with E-state index in [1.165, 1.54) is 32.4 Å². The number of benzene rings is 2. The van der Waals surface area contributed by atoms with Crippen molar-refractivity contribution in [3.63, 3.8) is 0 Å². The number of anilines is 2. The van der Waals surface area contributed by atoms with Gasteiger partial charge in [-0.2, -0.15) is 0 Å². The van der Waals surface area contributed by atoms with Crippen molar-refractivity contribution in [1.82, 2.24) is 14.7 Å². The Balaban J connectivity index is 0.920. The highest BCUT2D eigenvalue weighted by Crippen LogP contribution is 2.34. The van der Waals surface area contributed by atoms with Gasteiger partial charge in [0.15, 0.2) is 6.73 Å². The molecule has 4 aliphatic rings. The third-order valence-electron chi connectivity index (χ3n) is 9.99. The SMILES string of the molecule is O=C(OCN1C(=O)CCc2ccc(OCCCCN3CCN(c4cccc(Cl)c4Cl)CC3)cc21)N1CCC(N2CCCCC2)CC1. The number of hydrogen-bond donors (Lipinski definition) is 0. The third-order valence-corrected chi connectivity index (χ3v) is 10.8. The average molecular weight is 673 g/mol. The van der Waals surface area contributed by atoms with Gasteiger partial charge in [-0.3, -0.25) is 14.6 Å². The van der Waals surface area contributed by atoms with Crippen LogP contribution in [-0.4, -0.2) is 105 Å². The first-order valence-electron chi connectivity index (χ1n) is 17.1. The highest BCUT2D eigenvalue weighted by Gasteiger charge is 2.30. The zero-order chi connectivity index (χ0) is 31.9. The number of piperazine rings is 1. The number of nitrogens with zero attached hydrogens (tertiary/aromatic N) is 5. The number of carbonyl (C=O) groups excluding carboxylic acids is 2. The quantitative estimate of drug-likeness (QED) is 0.275. The van der Waals surface area contributed by atoms with E-state index >= 15 is 0 Å². The minimum Gasteiger partial charge on any atom is -0.494 e. The summed E-state index contributed by atoms with van der Waals surface area (Å²) in [7, 11) is 0. The van der Waals surface area contributed by atoms with Crippen LogP contribution in [0.15, 0.2) is 36.4 Å². The lowest BCUT2D eigenvalue weighted by molar-refractivity contribution is -0.119. The van der Waals surface area contributed by atoms with E-state index in [-0.39, 0.29) is 18.7 Å². The summed E-state index contributed by atoms with van der Waals surface area (Å²) in [5.74, 6) is 0.704.